The first-order valence-corrected chi connectivity index (χ1v) is 8.74. The van der Waals surface area contributed by atoms with Gasteiger partial charge in [-0.1, -0.05) is 26.0 Å². The van der Waals surface area contributed by atoms with E-state index in [9.17, 15) is 0 Å². The molecule has 0 spiro atoms. The normalized spacial score (nSPS) is 12.7. The minimum absolute atomic E-state index is 0.105. The highest BCUT2D eigenvalue weighted by Gasteiger charge is 2.12. The maximum Gasteiger partial charge on any atom is 0.137 e. The fraction of sp³-hybridized carbons (Fsp3) is 0.438. The highest BCUT2D eigenvalue weighted by atomic mass is 79.9. The largest absolute Gasteiger partial charge is 0.486 e. The number of benzene rings is 1. The molecule has 0 saturated heterocycles. The Balaban J connectivity index is 2.11. The average molecular weight is 369 g/mol. The third-order valence-electron chi connectivity index (χ3n) is 3.02. The van der Waals surface area contributed by atoms with Gasteiger partial charge in [-0.25, -0.2) is 4.98 Å². The van der Waals surface area contributed by atoms with Crippen molar-refractivity contribution in [3.05, 3.63) is 44.3 Å². The molecular weight excluding hydrogens is 348 g/mol. The molecule has 0 aliphatic heterocycles. The van der Waals surface area contributed by atoms with E-state index in [2.05, 4.69) is 46.2 Å². The molecule has 0 fully saturated rings. The highest BCUT2D eigenvalue weighted by Crippen LogP contribution is 2.31. The van der Waals surface area contributed by atoms with Crippen molar-refractivity contribution in [1.82, 2.24) is 4.98 Å². The SMILES string of the molecule is CC(N)Cc1cccc(Br)c1OCc1csc(C(C)C)n1. The Labute approximate surface area is 138 Å². The van der Waals surface area contributed by atoms with Crippen molar-refractivity contribution in [3.8, 4) is 5.75 Å². The predicted octanol–water partition coefficient (Wildman–Crippen LogP) is 4.50. The van der Waals surface area contributed by atoms with Crippen LogP contribution in [0.5, 0.6) is 5.75 Å². The third kappa shape index (κ3) is 4.53. The molecule has 0 saturated carbocycles. The third-order valence-corrected chi connectivity index (χ3v) is 4.84. The lowest BCUT2D eigenvalue weighted by Crippen LogP contribution is -2.18. The molecule has 0 aliphatic carbocycles. The van der Waals surface area contributed by atoms with Crippen LogP contribution in [-0.2, 0) is 13.0 Å². The number of hydrogen-bond donors (Lipinski definition) is 1. The molecule has 2 aromatic rings. The van der Waals surface area contributed by atoms with Gasteiger partial charge in [0.25, 0.3) is 0 Å². The molecule has 0 aliphatic rings. The van der Waals surface area contributed by atoms with E-state index < -0.39 is 0 Å². The number of hydrogen-bond acceptors (Lipinski definition) is 4. The molecule has 5 heteroatoms. The van der Waals surface area contributed by atoms with E-state index in [0.29, 0.717) is 12.5 Å². The second kappa shape index (κ2) is 7.38. The highest BCUT2D eigenvalue weighted by molar-refractivity contribution is 9.10. The molecule has 114 valence electrons. The van der Waals surface area contributed by atoms with Gasteiger partial charge in [0.2, 0.25) is 0 Å². The van der Waals surface area contributed by atoms with E-state index in [1.807, 2.05) is 19.1 Å². The first-order valence-electron chi connectivity index (χ1n) is 7.07. The van der Waals surface area contributed by atoms with E-state index in [1.54, 1.807) is 11.3 Å². The quantitative estimate of drug-likeness (QED) is 0.816. The van der Waals surface area contributed by atoms with Crippen LogP contribution in [0.3, 0.4) is 0 Å². The summed E-state index contributed by atoms with van der Waals surface area (Å²) in [7, 11) is 0. The second-order valence-electron chi connectivity index (χ2n) is 5.53. The van der Waals surface area contributed by atoms with E-state index in [0.717, 1.165) is 32.9 Å². The average Bonchev–Trinajstić information content (AvgIpc) is 2.86. The molecule has 2 rings (SSSR count). The molecule has 1 heterocycles. The van der Waals surface area contributed by atoms with Crippen LogP contribution < -0.4 is 10.5 Å². The Kier molecular flexibility index (Phi) is 5.79. The molecule has 0 bridgehead atoms. The maximum absolute atomic E-state index is 5.99. The summed E-state index contributed by atoms with van der Waals surface area (Å²) in [5, 5.41) is 3.22. The van der Waals surface area contributed by atoms with Crippen molar-refractivity contribution in [2.75, 3.05) is 0 Å². The molecule has 3 nitrogen and oxygen atoms in total. The zero-order valence-electron chi connectivity index (χ0n) is 12.6. The summed E-state index contributed by atoms with van der Waals surface area (Å²) < 4.78 is 6.95. The van der Waals surface area contributed by atoms with Crippen LogP contribution in [-0.4, -0.2) is 11.0 Å². The van der Waals surface area contributed by atoms with Gasteiger partial charge in [0.1, 0.15) is 12.4 Å². The zero-order valence-corrected chi connectivity index (χ0v) is 15.0. The van der Waals surface area contributed by atoms with Gasteiger partial charge in [-0.2, -0.15) is 0 Å². The molecule has 0 amide bonds. The number of thiazole rings is 1. The molecule has 1 aromatic carbocycles. The number of nitrogens with two attached hydrogens (primary N) is 1. The molecule has 2 N–H and O–H groups in total. The van der Waals surface area contributed by atoms with E-state index >= 15 is 0 Å². The van der Waals surface area contributed by atoms with Gasteiger partial charge in [0.15, 0.2) is 0 Å². The van der Waals surface area contributed by atoms with E-state index in [4.69, 9.17) is 10.5 Å². The number of rotatable bonds is 6. The lowest BCUT2D eigenvalue weighted by Gasteiger charge is -2.14. The topological polar surface area (TPSA) is 48.1 Å². The number of halogens is 1. The summed E-state index contributed by atoms with van der Waals surface area (Å²) in [4.78, 5) is 4.60. The van der Waals surface area contributed by atoms with Gasteiger partial charge in [-0.3, -0.25) is 0 Å². The number of aromatic nitrogens is 1. The fourth-order valence-electron chi connectivity index (χ4n) is 2.02. The van der Waals surface area contributed by atoms with E-state index in [1.165, 1.54) is 0 Å². The van der Waals surface area contributed by atoms with Crippen molar-refractivity contribution in [2.45, 2.75) is 45.8 Å². The van der Waals surface area contributed by atoms with Gasteiger partial charge >= 0.3 is 0 Å². The van der Waals surface area contributed by atoms with Crippen LogP contribution in [0, 0.1) is 0 Å². The Morgan fingerprint density at radius 1 is 1.33 bits per heavy atom. The van der Waals surface area contributed by atoms with Gasteiger partial charge in [-0.05, 0) is 40.9 Å². The fourth-order valence-corrected chi connectivity index (χ4v) is 3.36. The molecule has 0 radical (unpaired) electrons. The van der Waals surface area contributed by atoms with E-state index in [-0.39, 0.29) is 6.04 Å². The molecule has 21 heavy (non-hydrogen) atoms. The van der Waals surface area contributed by atoms with Gasteiger partial charge in [0.05, 0.1) is 15.2 Å². The van der Waals surface area contributed by atoms with Crippen LogP contribution in [0.4, 0.5) is 0 Å². The minimum atomic E-state index is 0.105. The van der Waals surface area contributed by atoms with Crippen molar-refractivity contribution >= 4 is 27.3 Å². The van der Waals surface area contributed by atoms with Crippen LogP contribution in [0.25, 0.3) is 0 Å². The minimum Gasteiger partial charge on any atom is -0.486 e. The van der Waals surface area contributed by atoms with Gasteiger partial charge in [-0.15, -0.1) is 11.3 Å². The Morgan fingerprint density at radius 2 is 2.10 bits per heavy atom. The van der Waals surface area contributed by atoms with Crippen LogP contribution in [0.15, 0.2) is 28.1 Å². The Bertz CT molecular complexity index is 596. The summed E-state index contributed by atoms with van der Waals surface area (Å²) >= 11 is 5.24. The predicted molar refractivity (Wildman–Crippen MR) is 92.0 cm³/mol. The van der Waals surface area contributed by atoms with Gasteiger partial charge < -0.3 is 10.5 Å². The molecule has 1 aromatic heterocycles. The number of ether oxygens (including phenoxy) is 1. The van der Waals surface area contributed by atoms with Crippen molar-refractivity contribution in [3.63, 3.8) is 0 Å². The lowest BCUT2D eigenvalue weighted by molar-refractivity contribution is 0.296. The van der Waals surface area contributed by atoms with Crippen LogP contribution in [0.1, 0.15) is 43.0 Å². The summed E-state index contributed by atoms with van der Waals surface area (Å²) in [5.74, 6) is 1.33. The van der Waals surface area contributed by atoms with Crippen LogP contribution >= 0.6 is 27.3 Å². The molecular formula is C16H21BrN2OS. The summed E-state index contributed by atoms with van der Waals surface area (Å²) in [6.07, 6.45) is 0.795. The first kappa shape index (κ1) is 16.5. The monoisotopic (exact) mass is 368 g/mol. The standard InChI is InChI=1S/C16H21BrN2OS/c1-10(2)16-19-13(9-21-16)8-20-15-12(7-11(3)18)5-4-6-14(15)17/h4-6,9-11H,7-8,18H2,1-3H3. The number of para-hydroxylation sites is 1. The smallest absolute Gasteiger partial charge is 0.137 e. The lowest BCUT2D eigenvalue weighted by atomic mass is 10.1. The Hall–Kier alpha value is -0.910. The van der Waals surface area contributed by atoms with Crippen molar-refractivity contribution in [1.29, 1.82) is 0 Å². The van der Waals surface area contributed by atoms with Crippen LogP contribution in [0.2, 0.25) is 0 Å². The summed E-state index contributed by atoms with van der Waals surface area (Å²) in [5.41, 5.74) is 8.01. The number of nitrogens with zero attached hydrogens (tertiary/aromatic N) is 1. The second-order valence-corrected chi connectivity index (χ2v) is 7.27. The summed E-state index contributed by atoms with van der Waals surface area (Å²) in [6.45, 7) is 6.79. The molecule has 1 unspecified atom stereocenters. The Morgan fingerprint density at radius 3 is 2.71 bits per heavy atom. The summed E-state index contributed by atoms with van der Waals surface area (Å²) in [6, 6.07) is 6.16. The first-order chi connectivity index (χ1) is 9.97. The molecule has 1 atom stereocenters. The zero-order chi connectivity index (χ0) is 15.4. The van der Waals surface area contributed by atoms with Crippen molar-refractivity contribution < 1.29 is 4.74 Å². The van der Waals surface area contributed by atoms with Gasteiger partial charge in [0, 0.05) is 17.3 Å². The maximum atomic E-state index is 5.99. The van der Waals surface area contributed by atoms with Crippen molar-refractivity contribution in [2.24, 2.45) is 5.73 Å².